The molecule has 3 aromatic rings. The van der Waals surface area contributed by atoms with E-state index in [1.807, 2.05) is 30.3 Å². The summed E-state index contributed by atoms with van der Waals surface area (Å²) in [7, 11) is 0. The molecule has 92 valence electrons. The first-order valence-corrected chi connectivity index (χ1v) is 5.90. The number of fused-ring (bicyclic) bond motifs is 3. The summed E-state index contributed by atoms with van der Waals surface area (Å²) < 4.78 is 1.48. The van der Waals surface area contributed by atoms with Crippen LogP contribution in [0.15, 0.2) is 47.3 Å². The van der Waals surface area contributed by atoms with Gasteiger partial charge in [0.05, 0.1) is 11.6 Å². The van der Waals surface area contributed by atoms with Gasteiger partial charge in [-0.15, -0.1) is 0 Å². The number of nitrogens with zero attached hydrogens (tertiary/aromatic N) is 2. The Balaban J connectivity index is 2.63. The number of aromatic nitrogens is 1. The number of nitriles is 1. The Morgan fingerprint density at radius 2 is 1.84 bits per heavy atom. The van der Waals surface area contributed by atoms with E-state index in [2.05, 4.69) is 0 Å². The summed E-state index contributed by atoms with van der Waals surface area (Å²) in [5.41, 5.74) is 7.05. The molecule has 2 N–H and O–H groups in total. The van der Waals surface area contributed by atoms with E-state index < -0.39 is 0 Å². The largest absolute Gasteiger partial charge is 0.399 e. The van der Waals surface area contributed by atoms with Crippen LogP contribution in [0.3, 0.4) is 0 Å². The highest BCUT2D eigenvalue weighted by Gasteiger charge is 2.10. The van der Waals surface area contributed by atoms with Gasteiger partial charge in [0.15, 0.2) is 0 Å². The molecule has 0 bridgehead atoms. The molecule has 0 radical (unpaired) electrons. The van der Waals surface area contributed by atoms with E-state index in [1.54, 1.807) is 18.2 Å². The van der Waals surface area contributed by atoms with Crippen LogP contribution in [0.2, 0.25) is 0 Å². The van der Waals surface area contributed by atoms with Crippen LogP contribution in [0.4, 0.5) is 5.69 Å². The number of rotatable bonds is 1. The van der Waals surface area contributed by atoms with Crippen molar-refractivity contribution in [3.05, 3.63) is 52.8 Å². The molecule has 0 aliphatic carbocycles. The maximum absolute atomic E-state index is 12.4. The Morgan fingerprint density at radius 1 is 1.11 bits per heavy atom. The summed E-state index contributed by atoms with van der Waals surface area (Å²) in [5, 5.41) is 11.3. The van der Waals surface area contributed by atoms with Gasteiger partial charge >= 0.3 is 0 Å². The smallest absolute Gasteiger partial charge is 0.259 e. The van der Waals surface area contributed by atoms with Crippen molar-refractivity contribution >= 4 is 27.4 Å². The van der Waals surface area contributed by atoms with Crippen molar-refractivity contribution < 1.29 is 0 Å². The lowest BCUT2D eigenvalue weighted by molar-refractivity contribution is 0.836. The Bertz CT molecular complexity index is 887. The Labute approximate surface area is 109 Å². The van der Waals surface area contributed by atoms with Crippen molar-refractivity contribution in [1.29, 1.82) is 5.26 Å². The number of nitrogens with two attached hydrogens (primary N) is 1. The quantitative estimate of drug-likeness (QED) is 0.531. The number of nitrogen functional groups attached to an aromatic ring is 1. The van der Waals surface area contributed by atoms with Gasteiger partial charge < -0.3 is 5.73 Å². The van der Waals surface area contributed by atoms with Gasteiger partial charge in [-0.1, -0.05) is 18.2 Å². The fourth-order valence-corrected chi connectivity index (χ4v) is 2.39. The third-order valence-corrected chi connectivity index (χ3v) is 3.23. The monoisotopic (exact) mass is 249 g/mol. The second-order valence-corrected chi connectivity index (χ2v) is 4.37. The number of benzene rings is 2. The lowest BCUT2D eigenvalue weighted by atomic mass is 10.1. The molecule has 4 nitrogen and oxygen atoms in total. The molecule has 0 atom stereocenters. The van der Waals surface area contributed by atoms with Crippen LogP contribution >= 0.6 is 0 Å². The molecule has 0 aliphatic rings. The van der Waals surface area contributed by atoms with Gasteiger partial charge in [-0.25, -0.2) is 0 Å². The molecule has 0 unspecified atom stereocenters. The van der Waals surface area contributed by atoms with Crippen LogP contribution in [0.5, 0.6) is 0 Å². The average molecular weight is 249 g/mol. The molecule has 0 fully saturated rings. The van der Waals surface area contributed by atoms with Crippen molar-refractivity contribution in [2.45, 2.75) is 6.54 Å². The van der Waals surface area contributed by atoms with E-state index in [0.717, 1.165) is 16.3 Å². The normalized spacial score (nSPS) is 10.7. The molecule has 0 amide bonds. The zero-order valence-corrected chi connectivity index (χ0v) is 10.1. The lowest BCUT2D eigenvalue weighted by Crippen LogP contribution is -2.20. The van der Waals surface area contributed by atoms with Gasteiger partial charge in [-0.2, -0.15) is 5.26 Å². The second kappa shape index (κ2) is 4.14. The zero-order chi connectivity index (χ0) is 13.4. The van der Waals surface area contributed by atoms with Gasteiger partial charge in [0, 0.05) is 16.5 Å². The molecule has 1 aromatic heterocycles. The van der Waals surface area contributed by atoms with Crippen LogP contribution in [0, 0.1) is 11.3 Å². The Kier molecular flexibility index (Phi) is 2.46. The van der Waals surface area contributed by atoms with Crippen LogP contribution in [-0.2, 0) is 6.54 Å². The van der Waals surface area contributed by atoms with E-state index in [-0.39, 0.29) is 12.1 Å². The minimum Gasteiger partial charge on any atom is -0.399 e. The molecule has 0 saturated heterocycles. The predicted octanol–water partition coefficient (Wildman–Crippen LogP) is 2.26. The summed E-state index contributed by atoms with van der Waals surface area (Å²) in [5.74, 6) is 0. The third kappa shape index (κ3) is 1.64. The number of anilines is 1. The van der Waals surface area contributed by atoms with Crippen LogP contribution in [0.1, 0.15) is 0 Å². The molecule has 19 heavy (non-hydrogen) atoms. The molecule has 0 aliphatic heterocycles. The van der Waals surface area contributed by atoms with Crippen molar-refractivity contribution in [2.24, 2.45) is 0 Å². The van der Waals surface area contributed by atoms with Gasteiger partial charge in [-0.3, -0.25) is 9.36 Å². The highest BCUT2D eigenvalue weighted by molar-refractivity contribution is 6.06. The van der Waals surface area contributed by atoms with E-state index in [1.165, 1.54) is 4.57 Å². The molecule has 4 heteroatoms. The topological polar surface area (TPSA) is 71.8 Å². The van der Waals surface area contributed by atoms with Gasteiger partial charge in [0.1, 0.15) is 6.54 Å². The zero-order valence-electron chi connectivity index (χ0n) is 10.1. The summed E-state index contributed by atoms with van der Waals surface area (Å²) in [4.78, 5) is 12.4. The first-order valence-electron chi connectivity index (χ1n) is 5.90. The number of hydrogen-bond acceptors (Lipinski definition) is 3. The first-order chi connectivity index (χ1) is 9.22. The van der Waals surface area contributed by atoms with Crippen LogP contribution < -0.4 is 11.3 Å². The van der Waals surface area contributed by atoms with E-state index in [4.69, 9.17) is 11.0 Å². The standard InChI is InChI=1S/C15H11N3O/c16-7-8-18-14-6-5-10(17)9-13(14)11-3-1-2-4-12(11)15(18)19/h1-6,9H,8,17H2. The minimum absolute atomic E-state index is 0.0318. The Morgan fingerprint density at radius 3 is 2.58 bits per heavy atom. The van der Waals surface area contributed by atoms with Gasteiger partial charge in [-0.05, 0) is 29.7 Å². The second-order valence-electron chi connectivity index (χ2n) is 4.37. The van der Waals surface area contributed by atoms with E-state index in [9.17, 15) is 4.79 Å². The third-order valence-electron chi connectivity index (χ3n) is 3.23. The number of hydrogen-bond donors (Lipinski definition) is 1. The van der Waals surface area contributed by atoms with Crippen molar-refractivity contribution in [3.8, 4) is 6.07 Å². The summed E-state index contributed by atoms with van der Waals surface area (Å²) in [6.07, 6.45) is 0. The average Bonchev–Trinajstić information content (AvgIpc) is 2.44. The number of pyridine rings is 1. The molecule has 1 heterocycles. The molecule has 3 rings (SSSR count). The first kappa shape index (κ1) is 11.3. The van der Waals surface area contributed by atoms with Crippen LogP contribution in [-0.4, -0.2) is 4.57 Å². The van der Waals surface area contributed by atoms with Crippen molar-refractivity contribution in [3.63, 3.8) is 0 Å². The fourth-order valence-electron chi connectivity index (χ4n) is 2.39. The molecule has 0 spiro atoms. The van der Waals surface area contributed by atoms with Crippen molar-refractivity contribution in [2.75, 3.05) is 5.73 Å². The fraction of sp³-hybridized carbons (Fsp3) is 0.0667. The summed E-state index contributed by atoms with van der Waals surface area (Å²) in [6, 6.07) is 14.8. The van der Waals surface area contributed by atoms with Crippen LogP contribution in [0.25, 0.3) is 21.7 Å². The lowest BCUT2D eigenvalue weighted by Gasteiger charge is -2.10. The highest BCUT2D eigenvalue weighted by atomic mass is 16.1. The van der Waals surface area contributed by atoms with E-state index >= 15 is 0 Å². The molecular weight excluding hydrogens is 238 g/mol. The minimum atomic E-state index is -0.144. The maximum atomic E-state index is 12.4. The molecule has 0 saturated carbocycles. The SMILES string of the molecule is N#CCn1c(=O)c2ccccc2c2cc(N)ccc21. The van der Waals surface area contributed by atoms with Gasteiger partial charge in [0.2, 0.25) is 0 Å². The van der Waals surface area contributed by atoms with Crippen molar-refractivity contribution in [1.82, 2.24) is 4.57 Å². The molecule has 2 aromatic carbocycles. The summed E-state index contributed by atoms with van der Waals surface area (Å²) in [6.45, 7) is 0.0318. The molecular formula is C15H11N3O. The van der Waals surface area contributed by atoms with E-state index in [0.29, 0.717) is 11.1 Å². The summed E-state index contributed by atoms with van der Waals surface area (Å²) >= 11 is 0. The predicted molar refractivity (Wildman–Crippen MR) is 75.7 cm³/mol. The maximum Gasteiger partial charge on any atom is 0.259 e. The van der Waals surface area contributed by atoms with Gasteiger partial charge in [0.25, 0.3) is 5.56 Å². The Hall–Kier alpha value is -2.80. The highest BCUT2D eigenvalue weighted by Crippen LogP contribution is 2.24.